The van der Waals surface area contributed by atoms with E-state index in [-0.39, 0.29) is 11.9 Å². The van der Waals surface area contributed by atoms with Gasteiger partial charge in [0.25, 0.3) is 5.91 Å². The minimum absolute atomic E-state index is 0.104. The van der Waals surface area contributed by atoms with Gasteiger partial charge in [-0.3, -0.25) is 4.79 Å². The van der Waals surface area contributed by atoms with E-state index in [1.165, 1.54) is 12.1 Å². The number of nitrogens with two attached hydrogens (primary N) is 1. The van der Waals surface area contributed by atoms with E-state index < -0.39 is 0 Å². The SMILES string of the molecule is CN(C(=O)c1cc(Cl)c(N)c(Cl)c1)C1CCOC1. The van der Waals surface area contributed by atoms with Crippen molar-refractivity contribution >= 4 is 34.8 Å². The molecule has 0 radical (unpaired) electrons. The summed E-state index contributed by atoms with van der Waals surface area (Å²) in [6.07, 6.45) is 0.846. The lowest BCUT2D eigenvalue weighted by Gasteiger charge is -2.23. The van der Waals surface area contributed by atoms with Crippen LogP contribution < -0.4 is 5.73 Å². The van der Waals surface area contributed by atoms with Crippen LogP contribution in [-0.4, -0.2) is 37.1 Å². The Morgan fingerprint density at radius 2 is 2.06 bits per heavy atom. The first-order valence-electron chi connectivity index (χ1n) is 5.60. The number of likely N-dealkylation sites (N-methyl/N-ethyl adjacent to an activating group) is 1. The third-order valence-electron chi connectivity index (χ3n) is 3.10. The molecule has 0 aliphatic carbocycles. The predicted octanol–water partition coefficient (Wildman–Crippen LogP) is 2.44. The van der Waals surface area contributed by atoms with Crippen LogP contribution in [-0.2, 0) is 4.74 Å². The number of halogens is 2. The van der Waals surface area contributed by atoms with Crippen molar-refractivity contribution in [3.63, 3.8) is 0 Å². The van der Waals surface area contributed by atoms with E-state index in [0.717, 1.165) is 6.42 Å². The predicted molar refractivity (Wildman–Crippen MR) is 72.2 cm³/mol. The number of benzene rings is 1. The fraction of sp³-hybridized carbons (Fsp3) is 0.417. The highest BCUT2D eigenvalue weighted by atomic mass is 35.5. The van der Waals surface area contributed by atoms with Crippen LogP contribution in [0.3, 0.4) is 0 Å². The molecule has 18 heavy (non-hydrogen) atoms. The first-order valence-corrected chi connectivity index (χ1v) is 6.35. The van der Waals surface area contributed by atoms with Gasteiger partial charge in [0, 0.05) is 19.2 Å². The van der Waals surface area contributed by atoms with E-state index in [1.807, 2.05) is 0 Å². The number of hydrogen-bond acceptors (Lipinski definition) is 3. The van der Waals surface area contributed by atoms with Crippen LogP contribution in [0.5, 0.6) is 0 Å². The molecule has 1 aromatic rings. The average Bonchev–Trinajstić information content (AvgIpc) is 2.87. The first kappa shape index (κ1) is 13.5. The zero-order valence-corrected chi connectivity index (χ0v) is 11.5. The van der Waals surface area contributed by atoms with Gasteiger partial charge in [-0.05, 0) is 18.6 Å². The summed E-state index contributed by atoms with van der Waals surface area (Å²) in [4.78, 5) is 13.9. The van der Waals surface area contributed by atoms with E-state index in [2.05, 4.69) is 0 Å². The summed E-state index contributed by atoms with van der Waals surface area (Å²) in [6, 6.07) is 3.18. The number of rotatable bonds is 2. The molecule has 6 heteroatoms. The Bertz CT molecular complexity index is 450. The molecule has 1 heterocycles. The summed E-state index contributed by atoms with van der Waals surface area (Å²) in [7, 11) is 1.75. The maximum atomic E-state index is 12.3. The average molecular weight is 289 g/mol. The molecule has 1 aliphatic rings. The molecule has 1 fully saturated rings. The van der Waals surface area contributed by atoms with Crippen molar-refractivity contribution < 1.29 is 9.53 Å². The summed E-state index contributed by atoms with van der Waals surface area (Å²) >= 11 is 11.8. The van der Waals surface area contributed by atoms with E-state index in [9.17, 15) is 4.79 Å². The standard InChI is InChI=1S/C12H14Cl2N2O2/c1-16(8-2-3-18-6-8)12(17)7-4-9(13)11(15)10(14)5-7/h4-5,8H,2-3,6,15H2,1H3. The molecule has 4 nitrogen and oxygen atoms in total. The van der Waals surface area contributed by atoms with E-state index in [1.54, 1.807) is 11.9 Å². The van der Waals surface area contributed by atoms with Crippen molar-refractivity contribution in [1.29, 1.82) is 0 Å². The number of ether oxygens (including phenoxy) is 1. The Morgan fingerprint density at radius 3 is 2.56 bits per heavy atom. The summed E-state index contributed by atoms with van der Waals surface area (Å²) in [5.41, 5.74) is 6.37. The third-order valence-corrected chi connectivity index (χ3v) is 3.73. The fourth-order valence-electron chi connectivity index (χ4n) is 1.90. The molecule has 1 unspecified atom stereocenters. The summed E-state index contributed by atoms with van der Waals surface area (Å²) < 4.78 is 5.26. The Morgan fingerprint density at radius 1 is 1.44 bits per heavy atom. The van der Waals surface area contributed by atoms with Crippen molar-refractivity contribution in [1.82, 2.24) is 4.90 Å². The molecular formula is C12H14Cl2N2O2. The van der Waals surface area contributed by atoms with Crippen molar-refractivity contribution in [2.24, 2.45) is 0 Å². The van der Waals surface area contributed by atoms with Gasteiger partial charge >= 0.3 is 0 Å². The summed E-state index contributed by atoms with van der Waals surface area (Å²) in [5.74, 6) is -0.130. The van der Waals surface area contributed by atoms with Crippen LogP contribution in [0.4, 0.5) is 5.69 Å². The van der Waals surface area contributed by atoms with E-state index in [4.69, 9.17) is 33.7 Å². The van der Waals surface area contributed by atoms with Crippen LogP contribution in [0.1, 0.15) is 16.8 Å². The van der Waals surface area contributed by atoms with Crippen LogP contribution in [0, 0.1) is 0 Å². The van der Waals surface area contributed by atoms with Gasteiger partial charge in [-0.1, -0.05) is 23.2 Å². The molecule has 1 saturated heterocycles. The van der Waals surface area contributed by atoms with Crippen molar-refractivity contribution in [2.75, 3.05) is 26.0 Å². The Labute approximate surface area is 116 Å². The number of nitrogens with zero attached hydrogens (tertiary/aromatic N) is 1. The number of carbonyl (C=O) groups is 1. The monoisotopic (exact) mass is 288 g/mol. The van der Waals surface area contributed by atoms with Gasteiger partial charge in [0.15, 0.2) is 0 Å². The highest BCUT2D eigenvalue weighted by Gasteiger charge is 2.25. The smallest absolute Gasteiger partial charge is 0.254 e. The quantitative estimate of drug-likeness (QED) is 0.851. The maximum Gasteiger partial charge on any atom is 0.254 e. The normalized spacial score (nSPS) is 18.9. The topological polar surface area (TPSA) is 55.6 Å². The molecule has 1 amide bonds. The Hall–Kier alpha value is -0.970. The Kier molecular flexibility index (Phi) is 4.00. The minimum atomic E-state index is -0.130. The van der Waals surface area contributed by atoms with Crippen molar-refractivity contribution in [3.8, 4) is 0 Å². The van der Waals surface area contributed by atoms with Gasteiger partial charge in [-0.2, -0.15) is 0 Å². The molecule has 1 aliphatic heterocycles. The van der Waals surface area contributed by atoms with Gasteiger partial charge in [0.1, 0.15) is 0 Å². The highest BCUT2D eigenvalue weighted by Crippen LogP contribution is 2.29. The van der Waals surface area contributed by atoms with E-state index >= 15 is 0 Å². The third kappa shape index (κ3) is 2.55. The van der Waals surface area contributed by atoms with Crippen molar-refractivity contribution in [2.45, 2.75) is 12.5 Å². The molecule has 98 valence electrons. The second-order valence-corrected chi connectivity index (χ2v) is 5.10. The van der Waals surface area contributed by atoms with Crippen LogP contribution >= 0.6 is 23.2 Å². The highest BCUT2D eigenvalue weighted by molar-refractivity contribution is 6.39. The second-order valence-electron chi connectivity index (χ2n) is 4.29. The molecule has 0 spiro atoms. The molecule has 0 aromatic heterocycles. The zero-order chi connectivity index (χ0) is 13.3. The fourth-order valence-corrected chi connectivity index (χ4v) is 2.39. The molecule has 1 atom stereocenters. The lowest BCUT2D eigenvalue weighted by atomic mass is 10.1. The van der Waals surface area contributed by atoms with Gasteiger partial charge < -0.3 is 15.4 Å². The van der Waals surface area contributed by atoms with Crippen LogP contribution in [0.25, 0.3) is 0 Å². The van der Waals surface area contributed by atoms with E-state index in [0.29, 0.717) is 34.5 Å². The number of amides is 1. The van der Waals surface area contributed by atoms with Crippen molar-refractivity contribution in [3.05, 3.63) is 27.7 Å². The van der Waals surface area contributed by atoms with Crippen LogP contribution in [0.15, 0.2) is 12.1 Å². The second kappa shape index (κ2) is 5.34. The molecule has 2 rings (SSSR count). The molecule has 1 aromatic carbocycles. The minimum Gasteiger partial charge on any atom is -0.396 e. The van der Waals surface area contributed by atoms with Gasteiger partial charge in [-0.15, -0.1) is 0 Å². The van der Waals surface area contributed by atoms with Gasteiger partial charge in [0.05, 0.1) is 28.4 Å². The largest absolute Gasteiger partial charge is 0.396 e. The number of carbonyl (C=O) groups excluding carboxylic acids is 1. The van der Waals surface area contributed by atoms with Gasteiger partial charge in [0.2, 0.25) is 0 Å². The first-order chi connectivity index (χ1) is 8.50. The number of nitrogen functional groups attached to an aromatic ring is 1. The molecule has 2 N–H and O–H groups in total. The number of anilines is 1. The number of hydrogen-bond donors (Lipinski definition) is 1. The summed E-state index contributed by atoms with van der Waals surface area (Å²) in [6.45, 7) is 1.25. The molecular weight excluding hydrogens is 275 g/mol. The van der Waals surface area contributed by atoms with Gasteiger partial charge in [-0.25, -0.2) is 0 Å². The lowest BCUT2D eigenvalue weighted by molar-refractivity contribution is 0.0711. The molecule has 0 saturated carbocycles. The Balaban J connectivity index is 2.22. The maximum absolute atomic E-state index is 12.3. The molecule has 0 bridgehead atoms. The van der Waals surface area contributed by atoms with Crippen LogP contribution in [0.2, 0.25) is 10.0 Å². The lowest BCUT2D eigenvalue weighted by Crippen LogP contribution is -2.37. The zero-order valence-electron chi connectivity index (χ0n) is 9.95. The summed E-state index contributed by atoms with van der Waals surface area (Å²) in [5, 5.41) is 0.587.